The van der Waals surface area contributed by atoms with Crippen molar-refractivity contribution in [2.45, 2.75) is 103 Å². The van der Waals surface area contributed by atoms with E-state index in [1.165, 1.54) is 83.8 Å². The molecule has 0 bridgehead atoms. The Labute approximate surface area is 178 Å². The molecular formula is C22H43O6P. The van der Waals surface area contributed by atoms with Crippen molar-refractivity contribution in [3.63, 3.8) is 0 Å². The van der Waals surface area contributed by atoms with Gasteiger partial charge in [-0.05, 0) is 12.8 Å². The van der Waals surface area contributed by atoms with Crippen LogP contribution in [0.1, 0.15) is 103 Å². The predicted octanol–water partition coefficient (Wildman–Crippen LogP) is 6.72. The first-order valence-electron chi connectivity index (χ1n) is 11.3. The molecule has 0 fully saturated rings. The molecule has 6 nitrogen and oxygen atoms in total. The molecule has 0 aromatic heterocycles. The highest BCUT2D eigenvalue weighted by atomic mass is 31.2. The number of esters is 1. The summed E-state index contributed by atoms with van der Waals surface area (Å²) in [5.74, 6) is -0.323. The predicted molar refractivity (Wildman–Crippen MR) is 118 cm³/mol. The molecule has 7 heteroatoms. The van der Waals surface area contributed by atoms with Crippen LogP contribution in [0.15, 0.2) is 12.7 Å². The Balaban J connectivity index is 3.11. The van der Waals surface area contributed by atoms with Gasteiger partial charge in [-0.15, -0.1) is 0 Å². The fourth-order valence-electron chi connectivity index (χ4n) is 3.14. The van der Waals surface area contributed by atoms with Gasteiger partial charge in [0.15, 0.2) is 0 Å². The zero-order valence-electron chi connectivity index (χ0n) is 18.4. The van der Waals surface area contributed by atoms with Crippen LogP contribution in [-0.2, 0) is 23.1 Å². The van der Waals surface area contributed by atoms with Crippen LogP contribution in [0.4, 0.5) is 0 Å². The van der Waals surface area contributed by atoms with Crippen LogP contribution < -0.4 is 0 Å². The average Bonchev–Trinajstić information content (AvgIpc) is 2.72. The molecule has 0 saturated carbocycles. The lowest BCUT2D eigenvalue weighted by Crippen LogP contribution is -2.01. The minimum Gasteiger partial charge on any atom is -0.463 e. The Bertz CT molecular complexity index is 441. The van der Waals surface area contributed by atoms with Crippen LogP contribution in [0.5, 0.6) is 0 Å². The van der Waals surface area contributed by atoms with Crippen molar-refractivity contribution in [3.8, 4) is 0 Å². The third-order valence-corrected chi connectivity index (χ3v) is 5.91. The number of hydrogen-bond acceptors (Lipinski definition) is 5. The summed E-state index contributed by atoms with van der Waals surface area (Å²) in [5.41, 5.74) is 0. The van der Waals surface area contributed by atoms with E-state index in [-0.39, 0.29) is 12.6 Å². The van der Waals surface area contributed by atoms with Gasteiger partial charge in [-0.3, -0.25) is 9.05 Å². The highest BCUT2D eigenvalue weighted by Crippen LogP contribution is 2.41. The number of hydrogen-bond donors (Lipinski definition) is 1. The Morgan fingerprint density at radius 2 is 1.10 bits per heavy atom. The van der Waals surface area contributed by atoms with Crippen LogP contribution in [-0.4, -0.2) is 31.2 Å². The Morgan fingerprint density at radius 3 is 1.45 bits per heavy atom. The van der Waals surface area contributed by atoms with Crippen LogP contribution in [0.2, 0.25) is 0 Å². The average molecular weight is 435 g/mol. The summed E-state index contributed by atoms with van der Waals surface area (Å²) < 4.78 is 25.2. The van der Waals surface area contributed by atoms with E-state index in [1.807, 2.05) is 0 Å². The number of carbonyl (C=O) groups excluding carboxylic acids is 1. The molecule has 0 rings (SSSR count). The van der Waals surface area contributed by atoms with Gasteiger partial charge in [-0.25, -0.2) is 9.36 Å². The number of unbranched alkanes of at least 4 members (excludes halogenated alkanes) is 15. The number of carbonyl (C=O) groups is 1. The summed E-state index contributed by atoms with van der Waals surface area (Å²) in [4.78, 5) is 20.0. The smallest absolute Gasteiger partial charge is 0.463 e. The van der Waals surface area contributed by atoms with Crippen LogP contribution >= 0.6 is 7.82 Å². The molecular weight excluding hydrogens is 391 g/mol. The summed E-state index contributed by atoms with van der Waals surface area (Å²) in [6, 6.07) is 0. The molecule has 172 valence electrons. The number of phosphoric ester groups is 1. The van der Waals surface area contributed by atoms with E-state index in [1.54, 1.807) is 0 Å². The topological polar surface area (TPSA) is 82.1 Å². The Kier molecular flexibility index (Phi) is 20.1. The molecule has 1 N–H and O–H groups in total. The molecule has 0 saturated heterocycles. The molecule has 0 aromatic carbocycles. The van der Waals surface area contributed by atoms with Crippen molar-refractivity contribution in [2.24, 2.45) is 0 Å². The first-order valence-corrected chi connectivity index (χ1v) is 12.8. The fourth-order valence-corrected chi connectivity index (χ4v) is 3.61. The number of rotatable bonds is 22. The Morgan fingerprint density at radius 1 is 0.759 bits per heavy atom. The van der Waals surface area contributed by atoms with Gasteiger partial charge < -0.3 is 9.63 Å². The summed E-state index contributed by atoms with van der Waals surface area (Å²) >= 11 is 0. The summed E-state index contributed by atoms with van der Waals surface area (Å²) in [6.45, 7) is 4.17. The second-order valence-corrected chi connectivity index (χ2v) is 9.07. The van der Waals surface area contributed by atoms with Crippen molar-refractivity contribution in [2.75, 3.05) is 20.3 Å². The maximum absolute atomic E-state index is 11.1. The van der Waals surface area contributed by atoms with Gasteiger partial charge in [0.2, 0.25) is 0 Å². The third-order valence-electron chi connectivity index (χ3n) is 4.93. The molecule has 0 aliphatic rings. The van der Waals surface area contributed by atoms with Gasteiger partial charge in [-0.2, -0.15) is 0 Å². The standard InChI is InChI=1S/C22H43O6P/c1-3-22(23)27-20-18-16-14-12-10-8-6-4-5-7-9-11-13-15-17-19-21-28-29(24,25)26-2/h3H,1,4-21H2,2H3,(H,24,25). The minimum absolute atomic E-state index is 0.284. The maximum atomic E-state index is 11.1. The fraction of sp³-hybridized carbons (Fsp3) is 0.864. The van der Waals surface area contributed by atoms with Crippen LogP contribution in [0, 0.1) is 0 Å². The lowest BCUT2D eigenvalue weighted by Gasteiger charge is -2.08. The molecule has 0 aliphatic heterocycles. The second kappa shape index (κ2) is 20.6. The van der Waals surface area contributed by atoms with Crippen molar-refractivity contribution in [1.29, 1.82) is 0 Å². The van der Waals surface area contributed by atoms with E-state index in [0.29, 0.717) is 6.61 Å². The molecule has 1 unspecified atom stereocenters. The third kappa shape index (κ3) is 21.8. The quantitative estimate of drug-likeness (QED) is 0.0881. The zero-order chi connectivity index (χ0) is 21.6. The van der Waals surface area contributed by atoms with Gasteiger partial charge in [-0.1, -0.05) is 96.5 Å². The highest BCUT2D eigenvalue weighted by Gasteiger charge is 2.17. The molecule has 0 radical (unpaired) electrons. The van der Waals surface area contributed by atoms with Crippen LogP contribution in [0.3, 0.4) is 0 Å². The molecule has 0 aliphatic carbocycles. The summed E-state index contributed by atoms with van der Waals surface area (Å²) in [6.07, 6.45) is 20.6. The number of ether oxygens (including phenoxy) is 1. The van der Waals surface area contributed by atoms with Gasteiger partial charge in [0.1, 0.15) is 0 Å². The molecule has 0 amide bonds. The Hall–Kier alpha value is -0.680. The first kappa shape index (κ1) is 28.3. The molecule has 0 heterocycles. The van der Waals surface area contributed by atoms with E-state index in [2.05, 4.69) is 11.1 Å². The first-order chi connectivity index (χ1) is 14.0. The summed E-state index contributed by atoms with van der Waals surface area (Å²) in [7, 11) is -2.61. The van der Waals surface area contributed by atoms with Crippen molar-refractivity contribution in [3.05, 3.63) is 12.7 Å². The molecule has 29 heavy (non-hydrogen) atoms. The van der Waals surface area contributed by atoms with Crippen molar-refractivity contribution < 1.29 is 28.0 Å². The van der Waals surface area contributed by atoms with E-state index < -0.39 is 7.82 Å². The largest absolute Gasteiger partial charge is 0.471 e. The summed E-state index contributed by atoms with van der Waals surface area (Å²) in [5, 5.41) is 0. The van der Waals surface area contributed by atoms with Gasteiger partial charge in [0, 0.05) is 13.2 Å². The van der Waals surface area contributed by atoms with E-state index in [9.17, 15) is 9.36 Å². The lowest BCUT2D eigenvalue weighted by molar-refractivity contribution is -0.137. The van der Waals surface area contributed by atoms with Gasteiger partial charge in [0.25, 0.3) is 0 Å². The van der Waals surface area contributed by atoms with Crippen molar-refractivity contribution >= 4 is 13.8 Å². The van der Waals surface area contributed by atoms with Crippen molar-refractivity contribution in [1.82, 2.24) is 0 Å². The highest BCUT2D eigenvalue weighted by molar-refractivity contribution is 7.47. The minimum atomic E-state index is -3.79. The maximum Gasteiger partial charge on any atom is 0.471 e. The SMILES string of the molecule is C=CC(=O)OCCCCCCCCCCCCCCCCCCOP(=O)(O)OC. The van der Waals surface area contributed by atoms with E-state index >= 15 is 0 Å². The zero-order valence-corrected chi connectivity index (χ0v) is 19.3. The number of phosphoric acid groups is 1. The normalized spacial score (nSPS) is 13.2. The second-order valence-electron chi connectivity index (χ2n) is 7.51. The molecule has 0 spiro atoms. The lowest BCUT2D eigenvalue weighted by atomic mass is 10.0. The van der Waals surface area contributed by atoms with Gasteiger partial charge in [0.05, 0.1) is 13.2 Å². The van der Waals surface area contributed by atoms with Gasteiger partial charge >= 0.3 is 13.8 Å². The van der Waals surface area contributed by atoms with E-state index in [4.69, 9.17) is 14.2 Å². The molecule has 1 atom stereocenters. The van der Waals surface area contributed by atoms with E-state index in [0.717, 1.165) is 32.1 Å². The molecule has 0 aromatic rings. The monoisotopic (exact) mass is 434 g/mol. The van der Waals surface area contributed by atoms with Crippen LogP contribution in [0.25, 0.3) is 0 Å².